The van der Waals surface area contributed by atoms with Crippen molar-refractivity contribution in [2.45, 2.75) is 186 Å². The van der Waals surface area contributed by atoms with Gasteiger partial charge in [0.2, 0.25) is 0 Å². The smallest absolute Gasteiger partial charge is 0.314 e. The predicted octanol–water partition coefficient (Wildman–Crippen LogP) is 5.12. The molecular formula is C32H61N3O8. The number of hydrogen-bond donors (Lipinski definition) is 4. The zero-order valence-corrected chi connectivity index (χ0v) is 28.8. The fourth-order valence-electron chi connectivity index (χ4n) is 8.12. The maximum absolute atomic E-state index is 13.8. The van der Waals surface area contributed by atoms with Crippen molar-refractivity contribution in [3.63, 3.8) is 0 Å². The van der Waals surface area contributed by atoms with Crippen molar-refractivity contribution in [3.8, 4) is 0 Å². The molecule has 0 saturated carbocycles. The lowest BCUT2D eigenvalue weighted by Crippen LogP contribution is -2.61. The molecule has 3 rings (SSSR count). The monoisotopic (exact) mass is 615 g/mol. The van der Waals surface area contributed by atoms with Crippen LogP contribution in [0.25, 0.3) is 0 Å². The molecule has 3 heterocycles. The fourth-order valence-corrected chi connectivity index (χ4v) is 8.12. The normalized spacial score (nSPS) is 29.7. The average molecular weight is 616 g/mol. The summed E-state index contributed by atoms with van der Waals surface area (Å²) >= 11 is 0. The zero-order chi connectivity index (χ0) is 33.0. The van der Waals surface area contributed by atoms with Gasteiger partial charge in [0.1, 0.15) is 12.0 Å². The Hall–Kier alpha value is -0.890. The lowest BCUT2D eigenvalue weighted by molar-refractivity contribution is -0.280. The molecule has 0 aromatic heterocycles. The van der Waals surface area contributed by atoms with Gasteiger partial charge in [0, 0.05) is 52.7 Å². The second kappa shape index (κ2) is 12.4. The number of rotatable bonds is 9. The molecule has 11 nitrogen and oxygen atoms in total. The molecule has 3 saturated heterocycles. The van der Waals surface area contributed by atoms with Crippen LogP contribution in [-0.2, 0) is 19.0 Å². The third-order valence-corrected chi connectivity index (χ3v) is 9.85. The molecule has 3 aliphatic heterocycles. The number of hydrogen-bond acceptors (Lipinski definition) is 11. The van der Waals surface area contributed by atoms with Crippen molar-refractivity contribution in [1.29, 1.82) is 0 Å². The second-order valence-electron chi connectivity index (χ2n) is 17.1. The Morgan fingerprint density at radius 2 is 0.953 bits per heavy atom. The molecule has 3 aliphatic rings. The van der Waals surface area contributed by atoms with Gasteiger partial charge in [-0.3, -0.25) is 4.79 Å². The molecule has 0 bridgehead atoms. The van der Waals surface area contributed by atoms with E-state index in [1.807, 2.05) is 83.1 Å². The third kappa shape index (κ3) is 8.29. The molecule has 0 aliphatic carbocycles. The zero-order valence-electron chi connectivity index (χ0n) is 28.8. The van der Waals surface area contributed by atoms with Crippen LogP contribution in [0.2, 0.25) is 0 Å². The average Bonchev–Trinajstić information content (AvgIpc) is 2.80. The van der Waals surface area contributed by atoms with Crippen LogP contribution in [0.3, 0.4) is 0 Å². The summed E-state index contributed by atoms with van der Waals surface area (Å²) < 4.78 is 18.5. The van der Waals surface area contributed by atoms with Crippen LogP contribution in [-0.4, -0.2) is 106 Å². The van der Waals surface area contributed by atoms with E-state index in [0.717, 1.165) is 0 Å². The predicted molar refractivity (Wildman–Crippen MR) is 162 cm³/mol. The molecule has 0 aromatic rings. The first-order valence-corrected chi connectivity index (χ1v) is 15.9. The maximum atomic E-state index is 13.8. The molecular weight excluding hydrogens is 554 g/mol. The molecule has 252 valence electrons. The van der Waals surface area contributed by atoms with Gasteiger partial charge in [-0.05, 0) is 115 Å². The minimum atomic E-state index is -1.43. The highest BCUT2D eigenvalue weighted by atomic mass is 16.6. The Labute approximate surface area is 259 Å². The Balaban J connectivity index is 1.75. The number of esters is 1. The van der Waals surface area contributed by atoms with E-state index in [1.165, 1.54) is 15.2 Å². The first-order chi connectivity index (χ1) is 19.3. The quantitative estimate of drug-likeness (QED) is 0.203. The van der Waals surface area contributed by atoms with Crippen LogP contribution >= 0.6 is 0 Å². The summed E-state index contributed by atoms with van der Waals surface area (Å²) in [7, 11) is 0. The summed E-state index contributed by atoms with van der Waals surface area (Å²) in [6.07, 6.45) is 0.889. The van der Waals surface area contributed by atoms with E-state index in [0.29, 0.717) is 38.5 Å². The van der Waals surface area contributed by atoms with E-state index in [9.17, 15) is 25.5 Å². The Bertz CT molecular complexity index is 928. The van der Waals surface area contributed by atoms with E-state index < -0.39 is 57.5 Å². The number of ether oxygens (including phenoxy) is 3. The highest BCUT2D eigenvalue weighted by Crippen LogP contribution is 2.41. The van der Waals surface area contributed by atoms with E-state index in [1.54, 1.807) is 0 Å². The van der Waals surface area contributed by atoms with Gasteiger partial charge in [-0.25, -0.2) is 0 Å². The first-order valence-electron chi connectivity index (χ1n) is 15.9. The maximum Gasteiger partial charge on any atom is 0.314 e. The summed E-state index contributed by atoms with van der Waals surface area (Å²) in [6.45, 7) is 23.5. The van der Waals surface area contributed by atoms with Crippen molar-refractivity contribution in [1.82, 2.24) is 15.2 Å². The van der Waals surface area contributed by atoms with E-state index in [-0.39, 0.29) is 25.2 Å². The third-order valence-electron chi connectivity index (χ3n) is 9.85. The minimum absolute atomic E-state index is 0.130. The van der Waals surface area contributed by atoms with E-state index in [4.69, 9.17) is 14.2 Å². The molecule has 4 N–H and O–H groups in total. The Kier molecular flexibility index (Phi) is 10.5. The van der Waals surface area contributed by atoms with Gasteiger partial charge >= 0.3 is 5.97 Å². The highest BCUT2D eigenvalue weighted by molar-refractivity contribution is 5.73. The van der Waals surface area contributed by atoms with Gasteiger partial charge in [-0.15, -0.1) is 0 Å². The Morgan fingerprint density at radius 3 is 1.33 bits per heavy atom. The Morgan fingerprint density at radius 1 is 0.628 bits per heavy atom. The van der Waals surface area contributed by atoms with E-state index >= 15 is 0 Å². The summed E-state index contributed by atoms with van der Waals surface area (Å²) in [6, 6.07) is 0. The van der Waals surface area contributed by atoms with Crippen LogP contribution in [0.4, 0.5) is 0 Å². The lowest BCUT2D eigenvalue weighted by Gasteiger charge is -2.52. The van der Waals surface area contributed by atoms with Crippen molar-refractivity contribution in [3.05, 3.63) is 0 Å². The largest absolute Gasteiger partial charge is 0.462 e. The molecule has 0 aromatic carbocycles. The van der Waals surface area contributed by atoms with Gasteiger partial charge in [0.05, 0.1) is 12.2 Å². The summed E-state index contributed by atoms with van der Waals surface area (Å²) in [4.78, 5) is 13.8. The van der Waals surface area contributed by atoms with Crippen LogP contribution in [0.15, 0.2) is 0 Å². The number of aliphatic hydroxyl groups is 1. The number of carbonyl (C=O) groups is 1. The van der Waals surface area contributed by atoms with Gasteiger partial charge in [-0.2, -0.15) is 15.2 Å². The molecule has 0 radical (unpaired) electrons. The molecule has 2 unspecified atom stereocenters. The molecule has 2 atom stereocenters. The summed E-state index contributed by atoms with van der Waals surface area (Å²) in [5.74, 6) is -1.54. The summed E-state index contributed by atoms with van der Waals surface area (Å²) in [5.41, 5.74) is -3.32. The standard InChI is InChI=1S/C32H61N3O8/c1-27(2)15-21(16-28(3,4)33(27)38)41-14-13-24(25(36)42-22-17-29(5,6)34(39)30(7,8)18-22)26(37)43-23-19-31(9,10)35(40)32(11,12)20-23/h21-25,36,38-40H,13-20H2,1-12H3. The summed E-state index contributed by atoms with van der Waals surface area (Å²) in [5, 5.41) is 47.6. The molecule has 11 heteroatoms. The first kappa shape index (κ1) is 36.6. The lowest BCUT2D eigenvalue weighted by atomic mass is 9.80. The molecule has 43 heavy (non-hydrogen) atoms. The molecule has 0 amide bonds. The van der Waals surface area contributed by atoms with Crippen LogP contribution in [0.1, 0.15) is 128 Å². The topological polar surface area (TPSA) is 135 Å². The van der Waals surface area contributed by atoms with E-state index in [2.05, 4.69) is 0 Å². The van der Waals surface area contributed by atoms with Crippen LogP contribution in [0.5, 0.6) is 0 Å². The number of aliphatic hydroxyl groups excluding tert-OH is 1. The number of piperidine rings is 3. The van der Waals surface area contributed by atoms with Crippen molar-refractivity contribution >= 4 is 5.97 Å². The molecule has 0 spiro atoms. The minimum Gasteiger partial charge on any atom is -0.462 e. The SMILES string of the molecule is CC1(C)CC(OCCC(C(=O)OC2CC(C)(C)N(O)C(C)(C)C2)C(O)OC2CC(C)(C)N(O)C(C)(C)C2)CC(C)(C)N1O. The second-order valence-corrected chi connectivity index (χ2v) is 17.1. The number of nitrogens with zero attached hydrogens (tertiary/aromatic N) is 3. The molecule has 3 fully saturated rings. The van der Waals surface area contributed by atoms with Crippen molar-refractivity contribution < 1.29 is 39.7 Å². The van der Waals surface area contributed by atoms with Gasteiger partial charge < -0.3 is 34.9 Å². The van der Waals surface area contributed by atoms with Crippen LogP contribution in [0, 0.1) is 5.92 Å². The fraction of sp³-hybridized carbons (Fsp3) is 0.969. The van der Waals surface area contributed by atoms with Gasteiger partial charge in [0.15, 0.2) is 6.29 Å². The van der Waals surface area contributed by atoms with Crippen LogP contribution < -0.4 is 0 Å². The van der Waals surface area contributed by atoms with Crippen molar-refractivity contribution in [2.24, 2.45) is 5.92 Å². The number of hydroxylamine groups is 6. The van der Waals surface area contributed by atoms with Crippen molar-refractivity contribution in [2.75, 3.05) is 6.61 Å². The van der Waals surface area contributed by atoms with Gasteiger partial charge in [0.25, 0.3) is 0 Å². The van der Waals surface area contributed by atoms with Gasteiger partial charge in [-0.1, -0.05) is 0 Å². The highest BCUT2D eigenvalue weighted by Gasteiger charge is 2.49. The number of carbonyl (C=O) groups excluding carboxylic acids is 1.